The van der Waals surface area contributed by atoms with Gasteiger partial charge in [-0.25, -0.2) is 0 Å². The Morgan fingerprint density at radius 1 is 1.29 bits per heavy atom. The standard InChI is InChI=1S/C17H24O4/c1-12(10-18)15-16(13(2)20-17(3,4)21-15)19-11-14-8-6-5-7-9-14/h5-10,12-13,15-16H,11H2,1-4H3/t12-,13-,15-,16-/m1/s1. The van der Waals surface area contributed by atoms with Gasteiger partial charge in [-0.15, -0.1) is 0 Å². The summed E-state index contributed by atoms with van der Waals surface area (Å²) in [7, 11) is 0. The first-order valence-corrected chi connectivity index (χ1v) is 7.39. The minimum absolute atomic E-state index is 0.134. The molecule has 116 valence electrons. The molecule has 1 aliphatic heterocycles. The second kappa shape index (κ2) is 6.69. The predicted octanol–water partition coefficient (Wildman–Crippen LogP) is 2.95. The lowest BCUT2D eigenvalue weighted by Gasteiger charge is -2.45. The SMILES string of the molecule is C[C@H](C=O)[C@H]1OC(C)(C)O[C@H](C)[C@H]1OCc1ccccc1. The topological polar surface area (TPSA) is 44.8 Å². The number of hydrogen-bond acceptors (Lipinski definition) is 4. The summed E-state index contributed by atoms with van der Waals surface area (Å²) in [6, 6.07) is 9.95. The molecule has 0 radical (unpaired) electrons. The zero-order valence-electron chi connectivity index (χ0n) is 13.1. The molecule has 4 heteroatoms. The Morgan fingerprint density at radius 2 is 1.95 bits per heavy atom. The van der Waals surface area contributed by atoms with Gasteiger partial charge in [-0.1, -0.05) is 37.3 Å². The Kier molecular flexibility index (Phi) is 5.14. The largest absolute Gasteiger partial charge is 0.368 e. The fourth-order valence-electron chi connectivity index (χ4n) is 2.69. The van der Waals surface area contributed by atoms with Crippen LogP contribution in [0.4, 0.5) is 0 Å². The summed E-state index contributed by atoms with van der Waals surface area (Å²) in [5.74, 6) is -0.940. The van der Waals surface area contributed by atoms with Gasteiger partial charge in [0.25, 0.3) is 0 Å². The molecular formula is C17H24O4. The van der Waals surface area contributed by atoms with Crippen molar-refractivity contribution in [3.8, 4) is 0 Å². The molecule has 1 aromatic carbocycles. The van der Waals surface area contributed by atoms with Crippen LogP contribution in [0.5, 0.6) is 0 Å². The second-order valence-electron chi connectivity index (χ2n) is 6.06. The summed E-state index contributed by atoms with van der Waals surface area (Å²) in [5, 5.41) is 0. The fourth-order valence-corrected chi connectivity index (χ4v) is 2.69. The molecule has 0 spiro atoms. The monoisotopic (exact) mass is 292 g/mol. The number of benzene rings is 1. The molecule has 0 saturated carbocycles. The lowest BCUT2D eigenvalue weighted by molar-refractivity contribution is -0.340. The van der Waals surface area contributed by atoms with Gasteiger partial charge in [0.05, 0.1) is 18.8 Å². The quantitative estimate of drug-likeness (QED) is 0.783. The van der Waals surface area contributed by atoms with E-state index in [1.165, 1.54) is 0 Å². The van der Waals surface area contributed by atoms with Gasteiger partial charge >= 0.3 is 0 Å². The fraction of sp³-hybridized carbons (Fsp3) is 0.588. The number of ether oxygens (including phenoxy) is 3. The molecule has 1 heterocycles. The number of rotatable bonds is 5. The highest BCUT2D eigenvalue weighted by atomic mass is 16.7. The molecule has 4 atom stereocenters. The zero-order valence-corrected chi connectivity index (χ0v) is 13.1. The van der Waals surface area contributed by atoms with E-state index in [9.17, 15) is 4.79 Å². The number of aldehydes is 1. The Balaban J connectivity index is 2.08. The van der Waals surface area contributed by atoms with E-state index < -0.39 is 5.79 Å². The first kappa shape index (κ1) is 16.1. The number of carbonyl (C=O) groups excluding carboxylic acids is 1. The third-order valence-corrected chi connectivity index (χ3v) is 3.69. The van der Waals surface area contributed by atoms with E-state index in [1.807, 2.05) is 58.0 Å². The van der Waals surface area contributed by atoms with Crippen molar-refractivity contribution in [2.75, 3.05) is 0 Å². The Hall–Kier alpha value is -1.23. The number of hydrogen-bond donors (Lipinski definition) is 0. The van der Waals surface area contributed by atoms with Gasteiger partial charge in [0.15, 0.2) is 5.79 Å². The summed E-state index contributed by atoms with van der Waals surface area (Å²) in [6.45, 7) is 8.02. The zero-order chi connectivity index (χ0) is 15.5. The highest BCUT2D eigenvalue weighted by Crippen LogP contribution is 2.32. The van der Waals surface area contributed by atoms with E-state index in [0.717, 1.165) is 11.8 Å². The summed E-state index contributed by atoms with van der Waals surface area (Å²) in [6.07, 6.45) is 0.214. The van der Waals surface area contributed by atoms with Gasteiger partial charge < -0.3 is 19.0 Å². The molecule has 2 rings (SSSR count). The highest BCUT2D eigenvalue weighted by molar-refractivity contribution is 5.54. The molecule has 21 heavy (non-hydrogen) atoms. The summed E-state index contributed by atoms with van der Waals surface area (Å²) >= 11 is 0. The third-order valence-electron chi connectivity index (χ3n) is 3.69. The van der Waals surface area contributed by atoms with Gasteiger partial charge in [-0.3, -0.25) is 0 Å². The van der Waals surface area contributed by atoms with E-state index in [2.05, 4.69) is 0 Å². The van der Waals surface area contributed by atoms with Gasteiger partial charge in [0.1, 0.15) is 12.4 Å². The first-order valence-electron chi connectivity index (χ1n) is 7.39. The van der Waals surface area contributed by atoms with Crippen LogP contribution < -0.4 is 0 Å². The van der Waals surface area contributed by atoms with Crippen molar-refractivity contribution < 1.29 is 19.0 Å². The molecule has 1 saturated heterocycles. The van der Waals surface area contributed by atoms with Gasteiger partial charge in [0.2, 0.25) is 0 Å². The van der Waals surface area contributed by atoms with Gasteiger partial charge in [-0.2, -0.15) is 0 Å². The molecule has 0 bridgehead atoms. The van der Waals surface area contributed by atoms with E-state index in [1.54, 1.807) is 0 Å². The van der Waals surface area contributed by atoms with Crippen LogP contribution in [0.2, 0.25) is 0 Å². The van der Waals surface area contributed by atoms with Crippen molar-refractivity contribution in [2.24, 2.45) is 5.92 Å². The van der Waals surface area contributed by atoms with Crippen LogP contribution in [-0.4, -0.2) is 30.4 Å². The van der Waals surface area contributed by atoms with Crippen LogP contribution >= 0.6 is 0 Å². The van der Waals surface area contributed by atoms with Crippen molar-refractivity contribution in [2.45, 2.75) is 58.4 Å². The van der Waals surface area contributed by atoms with Crippen LogP contribution in [-0.2, 0) is 25.6 Å². The minimum atomic E-state index is -0.700. The molecule has 0 aliphatic carbocycles. The van der Waals surface area contributed by atoms with E-state index in [0.29, 0.717) is 6.61 Å². The van der Waals surface area contributed by atoms with Crippen LogP contribution in [0.3, 0.4) is 0 Å². The van der Waals surface area contributed by atoms with Crippen LogP contribution in [0.25, 0.3) is 0 Å². The van der Waals surface area contributed by atoms with Crippen molar-refractivity contribution in [1.82, 2.24) is 0 Å². The first-order chi connectivity index (χ1) is 9.93. The van der Waals surface area contributed by atoms with Crippen LogP contribution in [0.15, 0.2) is 30.3 Å². The average Bonchev–Trinajstić information content (AvgIpc) is 2.45. The maximum Gasteiger partial charge on any atom is 0.163 e. The van der Waals surface area contributed by atoms with Crippen molar-refractivity contribution in [1.29, 1.82) is 0 Å². The number of carbonyl (C=O) groups is 1. The Labute approximate surface area is 126 Å². The molecule has 0 unspecified atom stereocenters. The van der Waals surface area contributed by atoms with Gasteiger partial charge in [-0.05, 0) is 26.3 Å². The van der Waals surface area contributed by atoms with Crippen LogP contribution in [0, 0.1) is 5.92 Å². The molecule has 1 aromatic rings. The van der Waals surface area contributed by atoms with E-state index >= 15 is 0 Å². The smallest absolute Gasteiger partial charge is 0.163 e. The Morgan fingerprint density at radius 3 is 2.57 bits per heavy atom. The molecule has 1 fully saturated rings. The molecular weight excluding hydrogens is 268 g/mol. The van der Waals surface area contributed by atoms with Crippen LogP contribution in [0.1, 0.15) is 33.3 Å². The molecule has 0 aromatic heterocycles. The summed E-state index contributed by atoms with van der Waals surface area (Å²) in [5.41, 5.74) is 1.09. The normalized spacial score (nSPS) is 29.8. The molecule has 1 aliphatic rings. The molecule has 0 amide bonds. The third kappa shape index (κ3) is 4.13. The van der Waals surface area contributed by atoms with Crippen molar-refractivity contribution in [3.63, 3.8) is 0 Å². The van der Waals surface area contributed by atoms with E-state index in [4.69, 9.17) is 14.2 Å². The summed E-state index contributed by atoms with van der Waals surface area (Å²) < 4.78 is 17.8. The van der Waals surface area contributed by atoms with E-state index in [-0.39, 0.29) is 24.2 Å². The summed E-state index contributed by atoms with van der Waals surface area (Å²) in [4.78, 5) is 11.2. The maximum atomic E-state index is 11.2. The maximum absolute atomic E-state index is 11.2. The lowest BCUT2D eigenvalue weighted by atomic mass is 9.95. The predicted molar refractivity (Wildman–Crippen MR) is 79.7 cm³/mol. The molecule has 4 nitrogen and oxygen atoms in total. The van der Waals surface area contributed by atoms with Crippen molar-refractivity contribution in [3.05, 3.63) is 35.9 Å². The highest BCUT2D eigenvalue weighted by Gasteiger charge is 2.44. The Bertz CT molecular complexity index is 457. The van der Waals surface area contributed by atoms with Crippen molar-refractivity contribution >= 4 is 6.29 Å². The second-order valence-corrected chi connectivity index (χ2v) is 6.06. The lowest BCUT2D eigenvalue weighted by Crippen LogP contribution is -2.56. The average molecular weight is 292 g/mol. The minimum Gasteiger partial charge on any atom is -0.368 e. The molecule has 0 N–H and O–H groups in total. The van der Waals surface area contributed by atoms with Gasteiger partial charge in [0, 0.05) is 5.92 Å².